The van der Waals surface area contributed by atoms with Crippen molar-refractivity contribution in [3.05, 3.63) is 29.8 Å². The lowest BCUT2D eigenvalue weighted by atomic mass is 10.0. The van der Waals surface area contributed by atoms with E-state index in [1.165, 1.54) is 5.56 Å². The molecule has 1 aromatic rings. The van der Waals surface area contributed by atoms with E-state index in [4.69, 9.17) is 4.43 Å². The molecular formula is C16H27FN2OSi. The SMILES string of the molecule is C[Si](C)(C)Oc1ccc([C@@H](CCF)N2CCNCC2)cc1. The van der Waals surface area contributed by atoms with Gasteiger partial charge in [-0.2, -0.15) is 0 Å². The fourth-order valence-corrected chi connectivity index (χ4v) is 3.61. The highest BCUT2D eigenvalue weighted by molar-refractivity contribution is 6.70. The maximum Gasteiger partial charge on any atom is 0.242 e. The predicted octanol–water partition coefficient (Wildman–Crippen LogP) is 3.21. The van der Waals surface area contributed by atoms with E-state index < -0.39 is 8.32 Å². The van der Waals surface area contributed by atoms with Gasteiger partial charge in [0.2, 0.25) is 8.32 Å². The van der Waals surface area contributed by atoms with Crippen molar-refractivity contribution in [3.8, 4) is 5.75 Å². The molecule has 0 aliphatic carbocycles. The third-order valence-corrected chi connectivity index (χ3v) is 4.51. The molecule has 0 spiro atoms. The van der Waals surface area contributed by atoms with E-state index in [-0.39, 0.29) is 12.7 Å². The first-order valence-electron chi connectivity index (χ1n) is 7.79. The second kappa shape index (κ2) is 7.38. The summed E-state index contributed by atoms with van der Waals surface area (Å²) in [7, 11) is -1.57. The van der Waals surface area contributed by atoms with E-state index in [0.717, 1.165) is 31.9 Å². The summed E-state index contributed by atoms with van der Waals surface area (Å²) in [6.07, 6.45) is 0.564. The molecule has 1 aromatic carbocycles. The third kappa shape index (κ3) is 5.09. The van der Waals surface area contributed by atoms with Crippen LogP contribution in [0.3, 0.4) is 0 Å². The van der Waals surface area contributed by atoms with Crippen LogP contribution in [-0.4, -0.2) is 46.1 Å². The molecule has 0 saturated carbocycles. The van der Waals surface area contributed by atoms with Gasteiger partial charge in [0.25, 0.3) is 0 Å². The molecule has 2 rings (SSSR count). The molecule has 1 saturated heterocycles. The molecule has 3 nitrogen and oxygen atoms in total. The first-order chi connectivity index (χ1) is 9.99. The number of rotatable bonds is 6. The Hall–Kier alpha value is -0.913. The largest absolute Gasteiger partial charge is 0.544 e. The average molecular weight is 310 g/mol. The molecule has 1 heterocycles. The Kier molecular flexibility index (Phi) is 5.78. The molecule has 1 fully saturated rings. The van der Waals surface area contributed by atoms with Crippen molar-refractivity contribution < 1.29 is 8.82 Å². The Morgan fingerprint density at radius 3 is 2.33 bits per heavy atom. The van der Waals surface area contributed by atoms with Gasteiger partial charge in [-0.25, -0.2) is 0 Å². The number of benzene rings is 1. The lowest BCUT2D eigenvalue weighted by Gasteiger charge is -2.35. The maximum absolute atomic E-state index is 12.9. The first-order valence-corrected chi connectivity index (χ1v) is 11.2. The Morgan fingerprint density at radius 2 is 1.81 bits per heavy atom. The van der Waals surface area contributed by atoms with E-state index in [1.807, 2.05) is 12.1 Å². The van der Waals surface area contributed by atoms with Crippen LogP contribution < -0.4 is 9.74 Å². The van der Waals surface area contributed by atoms with E-state index >= 15 is 0 Å². The third-order valence-electron chi connectivity index (χ3n) is 3.66. The summed E-state index contributed by atoms with van der Waals surface area (Å²) < 4.78 is 18.9. The van der Waals surface area contributed by atoms with Crippen LogP contribution in [0.25, 0.3) is 0 Å². The van der Waals surface area contributed by atoms with Gasteiger partial charge in [-0.3, -0.25) is 9.29 Å². The van der Waals surface area contributed by atoms with E-state index in [0.29, 0.717) is 6.42 Å². The zero-order chi connectivity index (χ0) is 15.3. The Morgan fingerprint density at radius 1 is 1.19 bits per heavy atom. The molecule has 1 atom stereocenters. The molecule has 0 radical (unpaired) electrons. The molecule has 21 heavy (non-hydrogen) atoms. The van der Waals surface area contributed by atoms with Gasteiger partial charge in [0.15, 0.2) is 0 Å². The molecule has 5 heteroatoms. The van der Waals surface area contributed by atoms with Crippen LogP contribution in [0.4, 0.5) is 4.39 Å². The van der Waals surface area contributed by atoms with Gasteiger partial charge in [0.1, 0.15) is 5.75 Å². The van der Waals surface area contributed by atoms with Gasteiger partial charge in [0.05, 0.1) is 6.67 Å². The first kappa shape index (κ1) is 16.5. The Labute approximate surface area is 128 Å². The van der Waals surface area contributed by atoms with Crippen molar-refractivity contribution in [1.82, 2.24) is 10.2 Å². The number of hydrogen-bond donors (Lipinski definition) is 1. The van der Waals surface area contributed by atoms with Gasteiger partial charge < -0.3 is 9.74 Å². The highest BCUT2D eigenvalue weighted by Gasteiger charge is 2.22. The lowest BCUT2D eigenvalue weighted by molar-refractivity contribution is 0.157. The number of hydrogen-bond acceptors (Lipinski definition) is 3. The van der Waals surface area contributed by atoms with E-state index in [9.17, 15) is 4.39 Å². The highest BCUT2D eigenvalue weighted by atomic mass is 28.4. The van der Waals surface area contributed by atoms with Crippen LogP contribution in [-0.2, 0) is 0 Å². The summed E-state index contributed by atoms with van der Waals surface area (Å²) in [6, 6.07) is 8.43. The summed E-state index contributed by atoms with van der Waals surface area (Å²) in [4.78, 5) is 2.38. The van der Waals surface area contributed by atoms with Crippen LogP contribution in [0.1, 0.15) is 18.0 Å². The zero-order valence-electron chi connectivity index (χ0n) is 13.4. The van der Waals surface area contributed by atoms with Crippen LogP contribution in [0.15, 0.2) is 24.3 Å². The number of nitrogens with one attached hydrogen (secondary N) is 1. The average Bonchev–Trinajstić information content (AvgIpc) is 2.45. The molecule has 118 valence electrons. The summed E-state index contributed by atoms with van der Waals surface area (Å²) in [6.45, 7) is 10.2. The van der Waals surface area contributed by atoms with Crippen LogP contribution in [0.5, 0.6) is 5.75 Å². The smallest absolute Gasteiger partial charge is 0.242 e. The zero-order valence-corrected chi connectivity index (χ0v) is 14.4. The van der Waals surface area contributed by atoms with E-state index in [1.54, 1.807) is 0 Å². The summed E-state index contributed by atoms with van der Waals surface area (Å²) in [5.74, 6) is 0.928. The number of halogens is 1. The lowest BCUT2D eigenvalue weighted by Crippen LogP contribution is -2.45. The van der Waals surface area contributed by atoms with Gasteiger partial charge in [-0.05, 0) is 43.8 Å². The predicted molar refractivity (Wildman–Crippen MR) is 88.2 cm³/mol. The Bertz CT molecular complexity index is 427. The van der Waals surface area contributed by atoms with E-state index in [2.05, 4.69) is 42.0 Å². The maximum atomic E-state index is 12.9. The second-order valence-electron chi connectivity index (χ2n) is 6.56. The quantitative estimate of drug-likeness (QED) is 0.817. The van der Waals surface area contributed by atoms with Crippen molar-refractivity contribution in [2.75, 3.05) is 32.9 Å². The number of alkyl halides is 1. The molecule has 1 N–H and O–H groups in total. The van der Waals surface area contributed by atoms with Crippen molar-refractivity contribution in [2.24, 2.45) is 0 Å². The van der Waals surface area contributed by atoms with Gasteiger partial charge >= 0.3 is 0 Å². The van der Waals surface area contributed by atoms with Crippen LogP contribution in [0.2, 0.25) is 19.6 Å². The minimum Gasteiger partial charge on any atom is -0.544 e. The fourth-order valence-electron chi connectivity index (χ4n) is 2.77. The summed E-state index contributed by atoms with van der Waals surface area (Å²) in [5, 5.41) is 3.35. The van der Waals surface area contributed by atoms with Gasteiger partial charge in [0, 0.05) is 32.2 Å². The normalized spacial score (nSPS) is 18.5. The monoisotopic (exact) mass is 310 g/mol. The number of piperazine rings is 1. The van der Waals surface area contributed by atoms with Crippen LogP contribution in [0, 0.1) is 0 Å². The minimum absolute atomic E-state index is 0.179. The molecule has 1 aliphatic heterocycles. The second-order valence-corrected chi connectivity index (χ2v) is 11.0. The van der Waals surface area contributed by atoms with Crippen molar-refractivity contribution in [2.45, 2.75) is 32.1 Å². The molecule has 1 aliphatic rings. The molecule has 0 bridgehead atoms. The topological polar surface area (TPSA) is 24.5 Å². The minimum atomic E-state index is -1.57. The Balaban J connectivity index is 2.09. The summed E-state index contributed by atoms with van der Waals surface area (Å²) >= 11 is 0. The van der Waals surface area contributed by atoms with Crippen molar-refractivity contribution in [1.29, 1.82) is 0 Å². The van der Waals surface area contributed by atoms with Crippen molar-refractivity contribution >= 4 is 8.32 Å². The van der Waals surface area contributed by atoms with Gasteiger partial charge in [-0.1, -0.05) is 12.1 Å². The summed E-state index contributed by atoms with van der Waals surface area (Å²) in [5.41, 5.74) is 1.19. The number of nitrogens with zero attached hydrogens (tertiary/aromatic N) is 1. The molecule has 0 amide bonds. The molecular weight excluding hydrogens is 283 g/mol. The van der Waals surface area contributed by atoms with Crippen LogP contribution >= 0.6 is 0 Å². The fraction of sp³-hybridized carbons (Fsp3) is 0.625. The van der Waals surface area contributed by atoms with Gasteiger partial charge in [-0.15, -0.1) is 0 Å². The molecule has 0 aromatic heterocycles. The molecule has 0 unspecified atom stereocenters. The standard InChI is InChI=1S/C16H27FN2OSi/c1-21(2,3)20-15-6-4-14(5-7-15)16(8-9-17)19-12-10-18-11-13-19/h4-7,16,18H,8-13H2,1-3H3/t16-/m1/s1. The van der Waals surface area contributed by atoms with Crippen molar-refractivity contribution in [3.63, 3.8) is 0 Å². The highest BCUT2D eigenvalue weighted by Crippen LogP contribution is 2.27.